The van der Waals surface area contributed by atoms with Gasteiger partial charge in [0.15, 0.2) is 6.61 Å². The zero-order chi connectivity index (χ0) is 14.9. The molecule has 21 heavy (non-hydrogen) atoms. The number of aryl methyl sites for hydroxylation is 2. The van der Waals surface area contributed by atoms with E-state index in [0.29, 0.717) is 0 Å². The number of hydrogen-bond acceptors (Lipinski definition) is 3. The van der Waals surface area contributed by atoms with Gasteiger partial charge in [0.1, 0.15) is 5.75 Å². The highest BCUT2D eigenvalue weighted by atomic mass is 16.5. The zero-order valence-electron chi connectivity index (χ0n) is 12.9. The Hall–Kier alpha value is -1.55. The van der Waals surface area contributed by atoms with E-state index in [9.17, 15) is 4.79 Å². The minimum atomic E-state index is 0.0814. The average molecular weight is 289 g/mol. The van der Waals surface area contributed by atoms with E-state index in [-0.39, 0.29) is 17.9 Å². The van der Waals surface area contributed by atoms with Gasteiger partial charge in [-0.2, -0.15) is 0 Å². The quantitative estimate of drug-likeness (QED) is 0.857. The molecule has 3 rings (SSSR count). The van der Waals surface area contributed by atoms with Crippen molar-refractivity contribution in [2.24, 2.45) is 5.41 Å². The summed E-state index contributed by atoms with van der Waals surface area (Å²) in [6, 6.07) is 6.03. The van der Waals surface area contributed by atoms with Crippen molar-refractivity contribution in [2.75, 3.05) is 32.9 Å². The fourth-order valence-corrected chi connectivity index (χ4v) is 3.37. The molecule has 0 aromatic heterocycles. The Bertz CT molecular complexity index is 515. The molecule has 2 aliphatic heterocycles. The molecule has 2 fully saturated rings. The third-order valence-corrected chi connectivity index (χ3v) is 4.53. The lowest BCUT2D eigenvalue weighted by molar-refractivity contribution is -0.132. The molecule has 114 valence electrons. The Morgan fingerprint density at radius 1 is 1.29 bits per heavy atom. The molecule has 1 unspecified atom stereocenters. The van der Waals surface area contributed by atoms with Crippen LogP contribution in [0.25, 0.3) is 0 Å². The van der Waals surface area contributed by atoms with Gasteiger partial charge in [0, 0.05) is 25.1 Å². The summed E-state index contributed by atoms with van der Waals surface area (Å²) in [5.74, 6) is 0.858. The van der Waals surface area contributed by atoms with Gasteiger partial charge in [0.2, 0.25) is 0 Å². The molecule has 2 saturated heterocycles. The minimum absolute atomic E-state index is 0.0814. The van der Waals surface area contributed by atoms with Gasteiger partial charge in [-0.05, 0) is 49.9 Å². The van der Waals surface area contributed by atoms with Crippen molar-refractivity contribution < 1.29 is 14.3 Å². The molecule has 0 radical (unpaired) electrons. The third kappa shape index (κ3) is 3.21. The first-order valence-electron chi connectivity index (χ1n) is 7.63. The highest BCUT2D eigenvalue weighted by molar-refractivity contribution is 5.78. The largest absolute Gasteiger partial charge is 0.484 e. The van der Waals surface area contributed by atoms with Crippen molar-refractivity contribution in [3.63, 3.8) is 0 Å². The Morgan fingerprint density at radius 3 is 2.71 bits per heavy atom. The number of nitrogens with zero attached hydrogens (tertiary/aromatic N) is 1. The van der Waals surface area contributed by atoms with E-state index in [4.69, 9.17) is 9.47 Å². The normalized spacial score (nSPS) is 24.8. The summed E-state index contributed by atoms with van der Waals surface area (Å²) in [6.45, 7) is 7.48. The van der Waals surface area contributed by atoms with E-state index in [1.54, 1.807) is 0 Å². The number of rotatable bonds is 3. The maximum absolute atomic E-state index is 12.3. The van der Waals surface area contributed by atoms with E-state index >= 15 is 0 Å². The lowest BCUT2D eigenvalue weighted by Gasteiger charge is -2.22. The first-order chi connectivity index (χ1) is 10.1. The summed E-state index contributed by atoms with van der Waals surface area (Å²) in [4.78, 5) is 14.2. The standard InChI is InChI=1S/C17H23NO3/c1-13-7-14(2)9-15(8-13)21-10-16(19)18-5-3-17(11-18)4-6-20-12-17/h7-9H,3-6,10-12H2,1-2H3. The second-order valence-corrected chi connectivity index (χ2v) is 6.48. The molecule has 4 nitrogen and oxygen atoms in total. The van der Waals surface area contributed by atoms with Gasteiger partial charge in [0.25, 0.3) is 5.91 Å². The lowest BCUT2D eigenvalue weighted by atomic mass is 9.87. The Kier molecular flexibility index (Phi) is 3.89. The van der Waals surface area contributed by atoms with Crippen molar-refractivity contribution >= 4 is 5.91 Å². The molecular formula is C17H23NO3. The van der Waals surface area contributed by atoms with E-state index < -0.39 is 0 Å². The summed E-state index contributed by atoms with van der Waals surface area (Å²) in [5, 5.41) is 0. The van der Waals surface area contributed by atoms with Crippen LogP contribution in [0.1, 0.15) is 24.0 Å². The molecule has 2 aliphatic rings. The van der Waals surface area contributed by atoms with Crippen LogP contribution in [0, 0.1) is 19.3 Å². The number of carbonyl (C=O) groups excluding carboxylic acids is 1. The van der Waals surface area contributed by atoms with Gasteiger partial charge in [-0.15, -0.1) is 0 Å². The van der Waals surface area contributed by atoms with Crippen LogP contribution >= 0.6 is 0 Å². The Morgan fingerprint density at radius 2 is 2.05 bits per heavy atom. The minimum Gasteiger partial charge on any atom is -0.484 e. The first kappa shape index (κ1) is 14.4. The molecule has 2 heterocycles. The van der Waals surface area contributed by atoms with Crippen LogP contribution in [-0.4, -0.2) is 43.7 Å². The molecule has 0 saturated carbocycles. The maximum Gasteiger partial charge on any atom is 0.260 e. The van der Waals surface area contributed by atoms with Crippen LogP contribution in [-0.2, 0) is 9.53 Å². The highest BCUT2D eigenvalue weighted by Gasteiger charge is 2.42. The van der Waals surface area contributed by atoms with Crippen molar-refractivity contribution in [3.05, 3.63) is 29.3 Å². The summed E-state index contributed by atoms with van der Waals surface area (Å²) in [7, 11) is 0. The van der Waals surface area contributed by atoms with Crippen LogP contribution in [0.5, 0.6) is 5.75 Å². The molecule has 0 N–H and O–H groups in total. The molecule has 1 amide bonds. The second kappa shape index (κ2) is 5.68. The zero-order valence-corrected chi connectivity index (χ0v) is 12.9. The van der Waals surface area contributed by atoms with Crippen LogP contribution in [0.4, 0.5) is 0 Å². The van der Waals surface area contributed by atoms with E-state index in [2.05, 4.69) is 6.07 Å². The molecule has 4 heteroatoms. The van der Waals surface area contributed by atoms with Gasteiger partial charge < -0.3 is 14.4 Å². The fourth-order valence-electron chi connectivity index (χ4n) is 3.37. The number of carbonyl (C=O) groups is 1. The van der Waals surface area contributed by atoms with Crippen LogP contribution in [0.15, 0.2) is 18.2 Å². The van der Waals surface area contributed by atoms with Gasteiger partial charge >= 0.3 is 0 Å². The van der Waals surface area contributed by atoms with Crippen LogP contribution in [0.2, 0.25) is 0 Å². The smallest absolute Gasteiger partial charge is 0.260 e. The highest BCUT2D eigenvalue weighted by Crippen LogP contribution is 2.38. The van der Waals surface area contributed by atoms with E-state index in [1.807, 2.05) is 30.9 Å². The lowest BCUT2D eigenvalue weighted by Crippen LogP contribution is -2.35. The fraction of sp³-hybridized carbons (Fsp3) is 0.588. The molecule has 1 aromatic rings. The summed E-state index contributed by atoms with van der Waals surface area (Å²) >= 11 is 0. The summed E-state index contributed by atoms with van der Waals surface area (Å²) < 4.78 is 11.2. The predicted molar refractivity (Wildman–Crippen MR) is 80.5 cm³/mol. The van der Waals surface area contributed by atoms with Gasteiger partial charge in [-0.25, -0.2) is 0 Å². The van der Waals surface area contributed by atoms with Crippen molar-refractivity contribution in [2.45, 2.75) is 26.7 Å². The van der Waals surface area contributed by atoms with E-state index in [0.717, 1.165) is 56.0 Å². The average Bonchev–Trinajstić information content (AvgIpc) is 3.06. The topological polar surface area (TPSA) is 38.8 Å². The summed E-state index contributed by atoms with van der Waals surface area (Å²) in [6.07, 6.45) is 2.14. The number of ether oxygens (including phenoxy) is 2. The Labute approximate surface area is 126 Å². The second-order valence-electron chi connectivity index (χ2n) is 6.48. The monoisotopic (exact) mass is 289 g/mol. The molecule has 0 bridgehead atoms. The van der Waals surface area contributed by atoms with Crippen molar-refractivity contribution in [3.8, 4) is 5.75 Å². The molecule has 0 aliphatic carbocycles. The number of hydrogen-bond donors (Lipinski definition) is 0. The van der Waals surface area contributed by atoms with Crippen molar-refractivity contribution in [1.82, 2.24) is 4.90 Å². The number of benzene rings is 1. The molecule has 1 atom stereocenters. The van der Waals surface area contributed by atoms with Crippen LogP contribution < -0.4 is 4.74 Å². The SMILES string of the molecule is Cc1cc(C)cc(OCC(=O)N2CCC3(CCOC3)C2)c1. The predicted octanol–water partition coefficient (Wildman–Crippen LogP) is 2.32. The number of amides is 1. The summed E-state index contributed by atoms with van der Waals surface area (Å²) in [5.41, 5.74) is 2.52. The number of likely N-dealkylation sites (tertiary alicyclic amines) is 1. The van der Waals surface area contributed by atoms with Gasteiger partial charge in [-0.3, -0.25) is 4.79 Å². The maximum atomic E-state index is 12.3. The third-order valence-electron chi connectivity index (χ3n) is 4.53. The molecule has 1 aromatic carbocycles. The Balaban J connectivity index is 1.55. The molecular weight excluding hydrogens is 266 g/mol. The van der Waals surface area contributed by atoms with Gasteiger partial charge in [-0.1, -0.05) is 6.07 Å². The van der Waals surface area contributed by atoms with E-state index in [1.165, 1.54) is 0 Å². The first-order valence-corrected chi connectivity index (χ1v) is 7.63. The molecule has 1 spiro atoms. The van der Waals surface area contributed by atoms with Crippen molar-refractivity contribution in [1.29, 1.82) is 0 Å². The van der Waals surface area contributed by atoms with Crippen LogP contribution in [0.3, 0.4) is 0 Å². The van der Waals surface area contributed by atoms with Gasteiger partial charge in [0.05, 0.1) is 6.61 Å².